The highest BCUT2D eigenvalue weighted by atomic mass is 32.2. The van der Waals surface area contributed by atoms with Gasteiger partial charge in [-0.3, -0.25) is 9.67 Å². The van der Waals surface area contributed by atoms with Crippen molar-refractivity contribution >= 4 is 20.9 Å². The van der Waals surface area contributed by atoms with E-state index >= 15 is 0 Å². The Morgan fingerprint density at radius 1 is 1.00 bits per heavy atom. The second-order valence-electron chi connectivity index (χ2n) is 7.12. The van der Waals surface area contributed by atoms with Crippen LogP contribution in [0.4, 0.5) is 0 Å². The molecule has 142 valence electrons. The average Bonchev–Trinajstić information content (AvgIpc) is 2.96. The number of benzene rings is 1. The van der Waals surface area contributed by atoms with Gasteiger partial charge >= 0.3 is 0 Å². The molecular formula is C20H24N4O2S. The summed E-state index contributed by atoms with van der Waals surface area (Å²) in [6.07, 6.45) is 2.94. The number of nitrogens with zero attached hydrogens (tertiary/aromatic N) is 4. The molecule has 4 rings (SSSR count). The molecule has 2 aromatic heterocycles. The maximum atomic E-state index is 13.1. The standard InChI is InChI=1S/C20H24N4O2S/c1-15-20(27(25,26)23-12-6-3-7-13-23)16(2)24(22-15)14-18-11-10-17-8-4-5-9-19(17)21-18/h4-5,8-11H,3,6-7,12-14H2,1-2H3. The Balaban J connectivity index is 1.67. The summed E-state index contributed by atoms with van der Waals surface area (Å²) in [5, 5.41) is 5.60. The number of sulfonamides is 1. The summed E-state index contributed by atoms with van der Waals surface area (Å²) in [4.78, 5) is 5.03. The zero-order valence-corrected chi connectivity index (χ0v) is 16.5. The van der Waals surface area contributed by atoms with Gasteiger partial charge in [0.15, 0.2) is 0 Å². The van der Waals surface area contributed by atoms with Crippen LogP contribution in [0.1, 0.15) is 36.3 Å². The first-order valence-electron chi connectivity index (χ1n) is 9.35. The number of hydrogen-bond acceptors (Lipinski definition) is 4. The summed E-state index contributed by atoms with van der Waals surface area (Å²) in [7, 11) is -3.50. The number of aromatic nitrogens is 3. The first kappa shape index (κ1) is 18.1. The Hall–Kier alpha value is -2.25. The predicted molar refractivity (Wildman–Crippen MR) is 105 cm³/mol. The van der Waals surface area contributed by atoms with Gasteiger partial charge in [-0.1, -0.05) is 30.7 Å². The Kier molecular flexibility index (Phi) is 4.74. The Morgan fingerprint density at radius 2 is 1.74 bits per heavy atom. The van der Waals surface area contributed by atoms with Crippen molar-refractivity contribution in [3.8, 4) is 0 Å². The molecule has 27 heavy (non-hydrogen) atoms. The second-order valence-corrected chi connectivity index (χ2v) is 8.99. The van der Waals surface area contributed by atoms with Crippen LogP contribution >= 0.6 is 0 Å². The van der Waals surface area contributed by atoms with Crippen LogP contribution in [0.25, 0.3) is 10.9 Å². The van der Waals surface area contributed by atoms with Crippen molar-refractivity contribution in [3.05, 3.63) is 53.5 Å². The van der Waals surface area contributed by atoms with Crippen LogP contribution in [0.15, 0.2) is 41.3 Å². The van der Waals surface area contributed by atoms with E-state index in [4.69, 9.17) is 0 Å². The lowest BCUT2D eigenvalue weighted by Crippen LogP contribution is -2.36. The van der Waals surface area contributed by atoms with Crippen LogP contribution in [0, 0.1) is 13.8 Å². The van der Waals surface area contributed by atoms with Crippen LogP contribution in [0.3, 0.4) is 0 Å². The molecule has 0 radical (unpaired) electrons. The van der Waals surface area contributed by atoms with E-state index in [1.807, 2.05) is 43.3 Å². The fourth-order valence-corrected chi connectivity index (χ4v) is 5.68. The second kappa shape index (κ2) is 7.05. The molecule has 1 aliphatic heterocycles. The molecule has 3 aromatic rings. The number of aryl methyl sites for hydroxylation is 1. The van der Waals surface area contributed by atoms with E-state index in [0.29, 0.717) is 35.9 Å². The summed E-state index contributed by atoms with van der Waals surface area (Å²) in [5.41, 5.74) is 3.02. The highest BCUT2D eigenvalue weighted by Crippen LogP contribution is 2.26. The van der Waals surface area contributed by atoms with Crippen LogP contribution in [0.5, 0.6) is 0 Å². The van der Waals surface area contributed by atoms with Gasteiger partial charge in [0, 0.05) is 18.5 Å². The monoisotopic (exact) mass is 384 g/mol. The molecule has 1 aromatic carbocycles. The van der Waals surface area contributed by atoms with Crippen LogP contribution < -0.4 is 0 Å². The van der Waals surface area contributed by atoms with Crippen molar-refractivity contribution in [1.29, 1.82) is 0 Å². The number of para-hydroxylation sites is 1. The maximum absolute atomic E-state index is 13.1. The molecule has 0 spiro atoms. The van der Waals surface area contributed by atoms with Gasteiger partial charge in [-0.2, -0.15) is 9.40 Å². The third-order valence-electron chi connectivity index (χ3n) is 5.20. The van der Waals surface area contributed by atoms with E-state index in [9.17, 15) is 8.42 Å². The zero-order valence-electron chi connectivity index (χ0n) is 15.7. The lowest BCUT2D eigenvalue weighted by molar-refractivity contribution is 0.346. The van der Waals surface area contributed by atoms with Crippen LogP contribution in [-0.2, 0) is 16.6 Å². The topological polar surface area (TPSA) is 68.1 Å². The highest BCUT2D eigenvalue weighted by Gasteiger charge is 2.31. The molecule has 6 nitrogen and oxygen atoms in total. The Labute approximate surface area is 159 Å². The molecule has 0 N–H and O–H groups in total. The van der Waals surface area contributed by atoms with E-state index < -0.39 is 10.0 Å². The molecule has 1 saturated heterocycles. The number of piperidine rings is 1. The third-order valence-corrected chi connectivity index (χ3v) is 7.35. The van der Waals surface area contributed by atoms with Crippen LogP contribution in [0.2, 0.25) is 0 Å². The Bertz CT molecular complexity index is 1080. The van der Waals surface area contributed by atoms with E-state index in [1.165, 1.54) is 0 Å². The Morgan fingerprint density at radius 3 is 2.52 bits per heavy atom. The van der Waals surface area contributed by atoms with Crippen LogP contribution in [-0.4, -0.2) is 40.6 Å². The van der Waals surface area contributed by atoms with E-state index in [0.717, 1.165) is 35.9 Å². The molecule has 0 bridgehead atoms. The minimum Gasteiger partial charge on any atom is -0.262 e. The van der Waals surface area contributed by atoms with Gasteiger partial charge in [0.05, 0.1) is 29.1 Å². The van der Waals surface area contributed by atoms with Crippen molar-refractivity contribution in [2.45, 2.75) is 44.6 Å². The molecule has 0 saturated carbocycles. The summed E-state index contributed by atoms with van der Waals surface area (Å²) in [6, 6.07) is 12.0. The normalized spacial score (nSPS) is 16.1. The molecule has 3 heterocycles. The van der Waals surface area contributed by atoms with Gasteiger partial charge in [0.2, 0.25) is 10.0 Å². The summed E-state index contributed by atoms with van der Waals surface area (Å²) in [5.74, 6) is 0. The zero-order chi connectivity index (χ0) is 19.0. The van der Waals surface area contributed by atoms with E-state index in [2.05, 4.69) is 10.1 Å². The third kappa shape index (κ3) is 3.37. The summed E-state index contributed by atoms with van der Waals surface area (Å²) in [6.45, 7) is 5.25. The number of hydrogen-bond donors (Lipinski definition) is 0. The quantitative estimate of drug-likeness (QED) is 0.692. The van der Waals surface area contributed by atoms with E-state index in [1.54, 1.807) is 15.9 Å². The smallest absolute Gasteiger partial charge is 0.246 e. The molecule has 1 aliphatic rings. The molecule has 1 fully saturated rings. The minimum absolute atomic E-state index is 0.352. The number of rotatable bonds is 4. The van der Waals surface area contributed by atoms with Gasteiger partial charge in [0.1, 0.15) is 4.90 Å². The molecule has 0 unspecified atom stereocenters. The lowest BCUT2D eigenvalue weighted by Gasteiger charge is -2.26. The van der Waals surface area contributed by atoms with Gasteiger partial charge in [0.25, 0.3) is 0 Å². The largest absolute Gasteiger partial charge is 0.262 e. The average molecular weight is 385 g/mol. The molecular weight excluding hydrogens is 360 g/mol. The fourth-order valence-electron chi connectivity index (χ4n) is 3.79. The molecule has 7 heteroatoms. The molecule has 0 aliphatic carbocycles. The van der Waals surface area contributed by atoms with Crippen molar-refractivity contribution in [2.24, 2.45) is 0 Å². The first-order valence-corrected chi connectivity index (χ1v) is 10.8. The number of pyridine rings is 1. The van der Waals surface area contributed by atoms with Gasteiger partial charge in [-0.05, 0) is 38.8 Å². The SMILES string of the molecule is Cc1nn(Cc2ccc3ccccc3n2)c(C)c1S(=O)(=O)N1CCCCC1. The molecule has 0 amide bonds. The van der Waals surface area contributed by atoms with Gasteiger partial charge < -0.3 is 0 Å². The predicted octanol–water partition coefficient (Wildman–Crippen LogP) is 3.27. The van der Waals surface area contributed by atoms with Crippen molar-refractivity contribution in [2.75, 3.05) is 13.1 Å². The van der Waals surface area contributed by atoms with Crippen molar-refractivity contribution in [1.82, 2.24) is 19.1 Å². The van der Waals surface area contributed by atoms with E-state index in [-0.39, 0.29) is 0 Å². The minimum atomic E-state index is -3.50. The first-order chi connectivity index (χ1) is 13.0. The maximum Gasteiger partial charge on any atom is 0.246 e. The van der Waals surface area contributed by atoms with Gasteiger partial charge in [-0.15, -0.1) is 0 Å². The summed E-state index contributed by atoms with van der Waals surface area (Å²) < 4.78 is 29.6. The number of fused-ring (bicyclic) bond motifs is 1. The lowest BCUT2D eigenvalue weighted by atomic mass is 10.2. The fraction of sp³-hybridized carbons (Fsp3) is 0.400. The molecule has 0 atom stereocenters. The highest BCUT2D eigenvalue weighted by molar-refractivity contribution is 7.89. The van der Waals surface area contributed by atoms with Gasteiger partial charge in [-0.25, -0.2) is 8.42 Å². The van der Waals surface area contributed by atoms with Crippen molar-refractivity contribution < 1.29 is 8.42 Å². The van der Waals surface area contributed by atoms with Crippen molar-refractivity contribution in [3.63, 3.8) is 0 Å². The summed E-state index contributed by atoms with van der Waals surface area (Å²) >= 11 is 0.